The summed E-state index contributed by atoms with van der Waals surface area (Å²) in [5.41, 5.74) is 3.09. The van der Waals surface area contributed by atoms with Gasteiger partial charge >= 0.3 is 0 Å². The summed E-state index contributed by atoms with van der Waals surface area (Å²) in [5.74, 6) is -0.185. The first kappa shape index (κ1) is 20.5. The second kappa shape index (κ2) is 8.93. The van der Waals surface area contributed by atoms with E-state index in [1.165, 1.54) is 0 Å². The number of halogens is 2. The molecule has 6 nitrogen and oxygen atoms in total. The van der Waals surface area contributed by atoms with E-state index in [-0.39, 0.29) is 11.9 Å². The van der Waals surface area contributed by atoms with Crippen LogP contribution in [0.1, 0.15) is 41.7 Å². The Bertz CT molecular complexity index is 1190. The lowest BCUT2D eigenvalue weighted by molar-refractivity contribution is 0.0936. The van der Waals surface area contributed by atoms with Gasteiger partial charge in [0, 0.05) is 22.8 Å². The molecule has 1 aromatic carbocycles. The fourth-order valence-electron chi connectivity index (χ4n) is 3.39. The lowest BCUT2D eigenvalue weighted by Crippen LogP contribution is -2.28. The number of nitrogens with zero attached hydrogens (tertiary/aromatic N) is 4. The van der Waals surface area contributed by atoms with Gasteiger partial charge in [-0.25, -0.2) is 9.67 Å². The predicted molar refractivity (Wildman–Crippen MR) is 121 cm³/mol. The Morgan fingerprint density at radius 2 is 2.00 bits per heavy atom. The number of hydrogen-bond acceptors (Lipinski definition) is 4. The molecule has 30 heavy (non-hydrogen) atoms. The third-order valence-corrected chi connectivity index (χ3v) is 5.53. The number of benzene rings is 1. The number of pyridine rings is 2. The van der Waals surface area contributed by atoms with E-state index in [1.807, 2.05) is 24.3 Å². The Kier molecular flexibility index (Phi) is 6.11. The first-order valence-electron chi connectivity index (χ1n) is 9.57. The van der Waals surface area contributed by atoms with E-state index in [1.54, 1.807) is 41.6 Å². The summed E-state index contributed by atoms with van der Waals surface area (Å²) >= 11 is 9.39. The third kappa shape index (κ3) is 4.22. The molecule has 1 amide bonds. The number of carbonyl (C=O) groups is 1. The van der Waals surface area contributed by atoms with Crippen LogP contribution in [0.25, 0.3) is 16.6 Å². The fraction of sp³-hybridized carbons (Fsp3) is 0.182. The normalized spacial score (nSPS) is 12.1. The van der Waals surface area contributed by atoms with Crippen LogP contribution in [0.4, 0.5) is 0 Å². The van der Waals surface area contributed by atoms with Crippen LogP contribution in [0, 0.1) is 0 Å². The van der Waals surface area contributed by atoms with Gasteiger partial charge < -0.3 is 5.32 Å². The van der Waals surface area contributed by atoms with Gasteiger partial charge in [-0.1, -0.05) is 24.9 Å². The van der Waals surface area contributed by atoms with Crippen LogP contribution in [0.5, 0.6) is 0 Å². The summed E-state index contributed by atoms with van der Waals surface area (Å²) in [7, 11) is 0. The van der Waals surface area contributed by atoms with Crippen LogP contribution in [0.2, 0.25) is 5.02 Å². The highest BCUT2D eigenvalue weighted by Crippen LogP contribution is 2.24. The highest BCUT2D eigenvalue weighted by atomic mass is 79.9. The molecule has 3 aromatic heterocycles. The van der Waals surface area contributed by atoms with Crippen molar-refractivity contribution in [2.45, 2.75) is 25.8 Å². The van der Waals surface area contributed by atoms with Crippen LogP contribution in [0.3, 0.4) is 0 Å². The molecule has 1 atom stereocenters. The zero-order valence-corrected chi connectivity index (χ0v) is 18.6. The molecular formula is C22H19BrClN5O. The Hall–Kier alpha value is -2.77. The Morgan fingerprint density at radius 1 is 1.20 bits per heavy atom. The van der Waals surface area contributed by atoms with Crippen molar-refractivity contribution >= 4 is 44.3 Å². The van der Waals surface area contributed by atoms with Crippen LogP contribution in [-0.2, 0) is 0 Å². The first-order valence-corrected chi connectivity index (χ1v) is 10.7. The molecular weight excluding hydrogens is 466 g/mol. The summed E-state index contributed by atoms with van der Waals surface area (Å²) in [4.78, 5) is 21.6. The van der Waals surface area contributed by atoms with Gasteiger partial charge in [0.1, 0.15) is 4.60 Å². The summed E-state index contributed by atoms with van der Waals surface area (Å²) in [6.07, 6.45) is 8.46. The lowest BCUT2D eigenvalue weighted by atomic mass is 10.0. The van der Waals surface area contributed by atoms with E-state index in [4.69, 9.17) is 11.6 Å². The van der Waals surface area contributed by atoms with Crippen LogP contribution < -0.4 is 5.32 Å². The summed E-state index contributed by atoms with van der Waals surface area (Å²) in [6, 6.07) is 11.1. The van der Waals surface area contributed by atoms with Crippen LogP contribution in [-0.4, -0.2) is 25.7 Å². The second-order valence-corrected chi connectivity index (χ2v) is 8.13. The van der Waals surface area contributed by atoms with Gasteiger partial charge in [-0.15, -0.1) is 0 Å². The second-order valence-electron chi connectivity index (χ2n) is 6.88. The summed E-state index contributed by atoms with van der Waals surface area (Å²) in [6.45, 7) is 2.09. The maximum Gasteiger partial charge on any atom is 0.254 e. The van der Waals surface area contributed by atoms with Gasteiger partial charge in [-0.2, -0.15) is 5.10 Å². The molecule has 0 aliphatic heterocycles. The topological polar surface area (TPSA) is 72.7 Å². The van der Waals surface area contributed by atoms with Crippen molar-refractivity contribution < 1.29 is 4.79 Å². The molecule has 0 radical (unpaired) electrons. The first-order chi connectivity index (χ1) is 14.6. The smallest absolute Gasteiger partial charge is 0.254 e. The highest BCUT2D eigenvalue weighted by Gasteiger charge is 2.19. The predicted octanol–water partition coefficient (Wildman–Crippen LogP) is 5.50. The van der Waals surface area contributed by atoms with Gasteiger partial charge in [-0.3, -0.25) is 9.78 Å². The average Bonchev–Trinajstić information content (AvgIpc) is 3.18. The monoisotopic (exact) mass is 483 g/mol. The molecule has 4 aromatic rings. The maximum atomic E-state index is 13.2. The van der Waals surface area contributed by atoms with Gasteiger partial charge in [0.25, 0.3) is 5.91 Å². The molecule has 0 fully saturated rings. The van der Waals surface area contributed by atoms with Crippen molar-refractivity contribution in [2.75, 3.05) is 0 Å². The molecule has 0 aliphatic rings. The Morgan fingerprint density at radius 3 is 2.73 bits per heavy atom. The number of hydrogen-bond donors (Lipinski definition) is 1. The number of aromatic nitrogens is 4. The zero-order chi connectivity index (χ0) is 21.1. The van der Waals surface area contributed by atoms with E-state index in [0.717, 1.165) is 39.6 Å². The van der Waals surface area contributed by atoms with E-state index < -0.39 is 0 Å². The number of rotatable bonds is 6. The minimum Gasteiger partial charge on any atom is -0.345 e. The van der Waals surface area contributed by atoms with E-state index in [2.05, 4.69) is 43.2 Å². The molecule has 0 aliphatic carbocycles. The molecule has 0 bridgehead atoms. The van der Waals surface area contributed by atoms with Crippen molar-refractivity contribution in [1.82, 2.24) is 25.1 Å². The van der Waals surface area contributed by atoms with Gasteiger partial charge in [-0.05, 0) is 64.3 Å². The largest absolute Gasteiger partial charge is 0.345 e. The molecule has 4 rings (SSSR count). The van der Waals surface area contributed by atoms with Gasteiger partial charge in [0.2, 0.25) is 0 Å². The number of carbonyl (C=O) groups excluding carboxylic acids is 1. The minimum absolute atomic E-state index is 0.122. The molecule has 0 spiro atoms. The molecule has 0 saturated carbocycles. The average molecular weight is 485 g/mol. The SMILES string of the molecule is CCCC(NC(=O)c1cncc2c1cnn2-c1ccc(Cl)cc1)c1ccnc(Br)c1. The van der Waals surface area contributed by atoms with Gasteiger partial charge in [0.15, 0.2) is 0 Å². The van der Waals surface area contributed by atoms with Gasteiger partial charge in [0.05, 0.1) is 35.2 Å². The molecule has 152 valence electrons. The minimum atomic E-state index is -0.185. The van der Waals surface area contributed by atoms with E-state index >= 15 is 0 Å². The quantitative estimate of drug-likeness (QED) is 0.367. The number of fused-ring (bicyclic) bond motifs is 1. The molecule has 3 heterocycles. The van der Waals surface area contributed by atoms with E-state index in [0.29, 0.717) is 10.6 Å². The van der Waals surface area contributed by atoms with Crippen LogP contribution >= 0.6 is 27.5 Å². The lowest BCUT2D eigenvalue weighted by Gasteiger charge is -2.19. The number of amides is 1. The standard InChI is InChI=1S/C22H19BrClN5O/c1-2-3-19(14-8-9-26-21(23)10-14)28-22(30)18-11-25-13-20-17(18)12-27-29(20)16-6-4-15(24)5-7-16/h4-13,19H,2-3H2,1H3,(H,28,30). The third-order valence-electron chi connectivity index (χ3n) is 4.85. The molecule has 8 heteroatoms. The molecule has 0 saturated heterocycles. The van der Waals surface area contributed by atoms with Crippen molar-refractivity contribution in [3.8, 4) is 5.69 Å². The van der Waals surface area contributed by atoms with Crippen molar-refractivity contribution in [3.63, 3.8) is 0 Å². The Balaban J connectivity index is 1.67. The van der Waals surface area contributed by atoms with E-state index in [9.17, 15) is 4.79 Å². The van der Waals surface area contributed by atoms with Crippen LogP contribution in [0.15, 0.2) is 65.8 Å². The van der Waals surface area contributed by atoms with Crippen molar-refractivity contribution in [2.24, 2.45) is 0 Å². The zero-order valence-electron chi connectivity index (χ0n) is 16.2. The number of nitrogens with one attached hydrogen (secondary N) is 1. The highest BCUT2D eigenvalue weighted by molar-refractivity contribution is 9.10. The van der Waals surface area contributed by atoms with Crippen molar-refractivity contribution in [3.05, 3.63) is 81.9 Å². The molecule has 1 N–H and O–H groups in total. The summed E-state index contributed by atoms with van der Waals surface area (Å²) < 4.78 is 2.49. The Labute approximate surface area is 187 Å². The fourth-order valence-corrected chi connectivity index (χ4v) is 3.90. The summed E-state index contributed by atoms with van der Waals surface area (Å²) in [5, 5.41) is 9.00. The van der Waals surface area contributed by atoms with Crippen molar-refractivity contribution in [1.29, 1.82) is 0 Å². The maximum absolute atomic E-state index is 13.2. The molecule has 1 unspecified atom stereocenters.